The molecular weight excluding hydrogens is 480 g/mol. The molecule has 0 radical (unpaired) electrons. The van der Waals surface area contributed by atoms with E-state index in [1.165, 1.54) is 0 Å². The van der Waals surface area contributed by atoms with Gasteiger partial charge in [-0.25, -0.2) is 9.97 Å². The maximum absolute atomic E-state index is 13.9. The van der Waals surface area contributed by atoms with E-state index in [1.54, 1.807) is 16.8 Å². The number of benzene rings is 2. The number of carbonyl (C=O) groups excluding carboxylic acids is 1. The average molecular weight is 509 g/mol. The number of rotatable bonds is 5. The zero-order chi connectivity index (χ0) is 26.4. The summed E-state index contributed by atoms with van der Waals surface area (Å²) < 4.78 is 7.73. The number of hydrogen-bond acceptors (Lipinski definition) is 7. The van der Waals surface area contributed by atoms with Gasteiger partial charge in [0, 0.05) is 42.3 Å². The molecule has 3 N–H and O–H groups in total. The van der Waals surface area contributed by atoms with Gasteiger partial charge in [0.15, 0.2) is 5.82 Å². The number of amides is 1. The summed E-state index contributed by atoms with van der Waals surface area (Å²) in [5.41, 5.74) is 9.75. The molecule has 6 rings (SSSR count). The number of fused-ring (bicyclic) bond motifs is 3. The second kappa shape index (κ2) is 9.33. The maximum atomic E-state index is 13.9. The third-order valence-electron chi connectivity index (χ3n) is 7.38. The molecule has 9 heteroatoms. The number of aryl methyl sites for hydroxylation is 2. The van der Waals surface area contributed by atoms with Gasteiger partial charge in [0.1, 0.15) is 23.4 Å². The second-order valence-electron chi connectivity index (χ2n) is 9.69. The number of aromatic nitrogens is 3. The monoisotopic (exact) mass is 508 g/mol. The van der Waals surface area contributed by atoms with Crippen molar-refractivity contribution in [3.05, 3.63) is 105 Å². The molecule has 2 aromatic carbocycles. The smallest absolute Gasteiger partial charge is 0.294 e. The molecule has 0 spiro atoms. The highest BCUT2D eigenvalue weighted by Crippen LogP contribution is 2.45. The lowest BCUT2D eigenvalue weighted by atomic mass is 9.93. The van der Waals surface area contributed by atoms with Crippen molar-refractivity contribution in [2.24, 2.45) is 0 Å². The van der Waals surface area contributed by atoms with E-state index in [0.717, 1.165) is 39.6 Å². The van der Waals surface area contributed by atoms with Gasteiger partial charge in [-0.15, -0.1) is 0 Å². The fourth-order valence-electron chi connectivity index (χ4n) is 5.44. The number of carbonyl (C=O) groups is 1. The molecule has 4 heterocycles. The molecule has 1 amide bonds. The quantitative estimate of drug-likeness (QED) is 0.423. The zero-order valence-corrected chi connectivity index (χ0v) is 21.2. The van der Waals surface area contributed by atoms with Crippen LogP contribution in [-0.4, -0.2) is 27.5 Å². The van der Waals surface area contributed by atoms with Crippen LogP contribution in [-0.2, 0) is 17.8 Å². The SMILES string of the molecule is Cc1nc(N)ccc1CNC(=O)[C@@H]1CCc2cnc(N(C)C3c4ccccc4Oc4ccccc43)c(=O)n21. The van der Waals surface area contributed by atoms with Gasteiger partial charge in [0.25, 0.3) is 5.56 Å². The third kappa shape index (κ3) is 3.96. The highest BCUT2D eigenvalue weighted by Gasteiger charge is 2.35. The van der Waals surface area contributed by atoms with Crippen LogP contribution < -0.4 is 26.2 Å². The van der Waals surface area contributed by atoms with Gasteiger partial charge in [-0.3, -0.25) is 14.2 Å². The molecule has 4 aromatic rings. The van der Waals surface area contributed by atoms with Crippen molar-refractivity contribution in [1.82, 2.24) is 19.9 Å². The predicted molar refractivity (Wildman–Crippen MR) is 144 cm³/mol. The first kappa shape index (κ1) is 23.7. The Kier molecular flexibility index (Phi) is 5.83. The van der Waals surface area contributed by atoms with Crippen LogP contribution in [0, 0.1) is 6.92 Å². The van der Waals surface area contributed by atoms with Crippen molar-refractivity contribution in [3.8, 4) is 11.5 Å². The second-order valence-corrected chi connectivity index (χ2v) is 9.69. The summed E-state index contributed by atoms with van der Waals surface area (Å²) in [6.07, 6.45) is 2.86. The van der Waals surface area contributed by atoms with Crippen molar-refractivity contribution in [2.45, 2.75) is 38.4 Å². The van der Waals surface area contributed by atoms with Gasteiger partial charge < -0.3 is 20.7 Å². The lowest BCUT2D eigenvalue weighted by molar-refractivity contribution is -0.124. The molecular formula is C29H28N6O3. The van der Waals surface area contributed by atoms with Crippen molar-refractivity contribution in [3.63, 3.8) is 0 Å². The van der Waals surface area contributed by atoms with Crippen LogP contribution in [0.4, 0.5) is 11.6 Å². The third-order valence-corrected chi connectivity index (χ3v) is 7.38. The fourth-order valence-corrected chi connectivity index (χ4v) is 5.44. The summed E-state index contributed by atoms with van der Waals surface area (Å²) in [6, 6.07) is 18.3. The van der Waals surface area contributed by atoms with Gasteiger partial charge in [-0.1, -0.05) is 42.5 Å². The number of nitrogens with zero attached hydrogens (tertiary/aromatic N) is 4. The number of anilines is 2. The van der Waals surface area contributed by atoms with E-state index in [4.69, 9.17) is 10.5 Å². The van der Waals surface area contributed by atoms with Crippen LogP contribution in [0.2, 0.25) is 0 Å². The Labute approximate surface area is 219 Å². The minimum atomic E-state index is -0.607. The summed E-state index contributed by atoms with van der Waals surface area (Å²) in [5.74, 6) is 2.00. The molecule has 0 aliphatic carbocycles. The molecule has 1 atom stereocenters. The summed E-state index contributed by atoms with van der Waals surface area (Å²) in [6.45, 7) is 2.17. The van der Waals surface area contributed by atoms with Crippen molar-refractivity contribution < 1.29 is 9.53 Å². The van der Waals surface area contributed by atoms with Crippen molar-refractivity contribution in [1.29, 1.82) is 0 Å². The van der Waals surface area contributed by atoms with Gasteiger partial charge in [-0.2, -0.15) is 0 Å². The van der Waals surface area contributed by atoms with Crippen LogP contribution in [0.25, 0.3) is 0 Å². The van der Waals surface area contributed by atoms with Gasteiger partial charge in [0.05, 0.1) is 6.04 Å². The average Bonchev–Trinajstić information content (AvgIpc) is 3.36. The predicted octanol–water partition coefficient (Wildman–Crippen LogP) is 3.66. The van der Waals surface area contributed by atoms with E-state index in [-0.39, 0.29) is 23.3 Å². The number of ether oxygens (including phenoxy) is 1. The van der Waals surface area contributed by atoms with E-state index < -0.39 is 6.04 Å². The molecule has 9 nitrogen and oxygen atoms in total. The van der Waals surface area contributed by atoms with Crippen molar-refractivity contribution in [2.75, 3.05) is 17.7 Å². The first-order valence-corrected chi connectivity index (χ1v) is 12.6. The molecule has 2 aromatic heterocycles. The molecule has 2 aliphatic rings. The zero-order valence-electron chi connectivity index (χ0n) is 21.2. The Bertz CT molecular complexity index is 1570. The van der Waals surface area contributed by atoms with Gasteiger partial charge in [0.2, 0.25) is 5.91 Å². The molecule has 0 bridgehead atoms. The Morgan fingerprint density at radius 1 is 1.11 bits per heavy atom. The lowest BCUT2D eigenvalue weighted by Crippen LogP contribution is -2.39. The molecule has 0 saturated carbocycles. The highest BCUT2D eigenvalue weighted by molar-refractivity contribution is 5.81. The van der Waals surface area contributed by atoms with Crippen LogP contribution in [0.5, 0.6) is 11.5 Å². The summed E-state index contributed by atoms with van der Waals surface area (Å²) in [4.78, 5) is 37.8. The number of para-hydroxylation sites is 2. The first-order chi connectivity index (χ1) is 18.4. The van der Waals surface area contributed by atoms with Crippen LogP contribution >= 0.6 is 0 Å². The number of nitrogens with one attached hydrogen (secondary N) is 1. The Balaban J connectivity index is 1.32. The van der Waals surface area contributed by atoms with Crippen LogP contribution in [0.1, 0.15) is 46.6 Å². The summed E-state index contributed by atoms with van der Waals surface area (Å²) >= 11 is 0. The number of nitrogens with two attached hydrogens (primary N) is 1. The van der Waals surface area contributed by atoms with E-state index >= 15 is 0 Å². The highest BCUT2D eigenvalue weighted by atomic mass is 16.5. The minimum absolute atomic E-state index is 0.205. The topological polar surface area (TPSA) is 115 Å². The van der Waals surface area contributed by atoms with E-state index in [0.29, 0.717) is 25.2 Å². The number of hydrogen-bond donors (Lipinski definition) is 2. The number of nitrogen functional groups attached to an aromatic ring is 1. The van der Waals surface area contributed by atoms with Crippen LogP contribution in [0.15, 0.2) is 71.7 Å². The maximum Gasteiger partial charge on any atom is 0.294 e. The Hall–Kier alpha value is -4.66. The summed E-state index contributed by atoms with van der Waals surface area (Å²) in [7, 11) is 1.86. The molecule has 0 saturated heterocycles. The van der Waals surface area contributed by atoms with E-state index in [2.05, 4.69) is 15.3 Å². The summed E-state index contributed by atoms with van der Waals surface area (Å²) in [5, 5.41) is 2.98. The van der Waals surface area contributed by atoms with Gasteiger partial charge >= 0.3 is 0 Å². The molecule has 0 unspecified atom stereocenters. The molecule has 2 aliphatic heterocycles. The standard InChI is InChI=1S/C29H28N6O3/c1-17-18(11-14-25(30)33-17)15-32-28(36)22-13-12-19-16-31-27(29(37)35(19)22)34(2)26-20-7-3-5-9-23(20)38-24-10-6-4-8-21(24)26/h3-11,14,16,22,26H,12-13,15H2,1-2H3,(H2,30,33)(H,32,36)/t22-/m0/s1. The fraction of sp³-hybridized carbons (Fsp3) is 0.241. The van der Waals surface area contributed by atoms with Gasteiger partial charge in [-0.05, 0) is 43.5 Å². The normalized spacial score (nSPS) is 15.7. The Morgan fingerprint density at radius 3 is 2.47 bits per heavy atom. The number of pyridine rings is 1. The van der Waals surface area contributed by atoms with E-state index in [9.17, 15) is 9.59 Å². The molecule has 0 fully saturated rings. The molecule has 192 valence electrons. The van der Waals surface area contributed by atoms with E-state index in [1.807, 2.05) is 73.5 Å². The molecule has 38 heavy (non-hydrogen) atoms. The largest absolute Gasteiger partial charge is 0.457 e. The van der Waals surface area contributed by atoms with Crippen molar-refractivity contribution >= 4 is 17.5 Å². The lowest BCUT2D eigenvalue weighted by Gasteiger charge is -2.35. The minimum Gasteiger partial charge on any atom is -0.457 e. The Morgan fingerprint density at radius 2 is 1.79 bits per heavy atom. The van der Waals surface area contributed by atoms with Crippen LogP contribution in [0.3, 0.4) is 0 Å². The first-order valence-electron chi connectivity index (χ1n) is 12.6.